The van der Waals surface area contributed by atoms with Gasteiger partial charge in [0.25, 0.3) is 0 Å². The van der Waals surface area contributed by atoms with Crippen molar-refractivity contribution in [2.24, 2.45) is 5.92 Å². The van der Waals surface area contributed by atoms with Gasteiger partial charge in [-0.25, -0.2) is 4.98 Å². The van der Waals surface area contributed by atoms with Crippen LogP contribution in [-0.4, -0.2) is 42.0 Å². The first-order chi connectivity index (χ1) is 12.2. The van der Waals surface area contributed by atoms with Gasteiger partial charge >= 0.3 is 0 Å². The molecule has 0 N–H and O–H groups in total. The molecule has 0 radical (unpaired) electrons. The number of para-hydroxylation sites is 1. The highest BCUT2D eigenvalue weighted by molar-refractivity contribution is 5.82. The summed E-state index contributed by atoms with van der Waals surface area (Å²) in [7, 11) is 0. The van der Waals surface area contributed by atoms with Crippen molar-refractivity contribution in [2.75, 3.05) is 31.1 Å². The van der Waals surface area contributed by atoms with Crippen LogP contribution < -0.4 is 4.90 Å². The van der Waals surface area contributed by atoms with Crippen molar-refractivity contribution in [1.82, 2.24) is 9.88 Å². The molecule has 132 valence electrons. The summed E-state index contributed by atoms with van der Waals surface area (Å²) in [5, 5.41) is 1.19. The molecule has 1 aromatic carbocycles. The lowest BCUT2D eigenvalue weighted by molar-refractivity contribution is -0.136. The molecule has 2 aromatic rings. The van der Waals surface area contributed by atoms with Gasteiger partial charge in [-0.2, -0.15) is 0 Å². The number of benzene rings is 1. The highest BCUT2D eigenvalue weighted by Gasteiger charge is 2.29. The first kappa shape index (κ1) is 16.4. The fourth-order valence-corrected chi connectivity index (χ4v) is 4.28. The Labute approximate surface area is 149 Å². The Morgan fingerprint density at radius 1 is 1.04 bits per heavy atom. The fourth-order valence-electron chi connectivity index (χ4n) is 4.28. The van der Waals surface area contributed by atoms with E-state index in [-0.39, 0.29) is 5.92 Å². The number of hydrogen-bond donors (Lipinski definition) is 0. The highest BCUT2D eigenvalue weighted by atomic mass is 16.2. The average molecular weight is 337 g/mol. The number of fused-ring (bicyclic) bond motifs is 1. The second-order valence-electron chi connectivity index (χ2n) is 7.47. The number of aromatic nitrogens is 1. The highest BCUT2D eigenvalue weighted by Crippen LogP contribution is 2.27. The molecule has 0 bridgehead atoms. The van der Waals surface area contributed by atoms with Crippen molar-refractivity contribution in [3.8, 4) is 0 Å². The van der Waals surface area contributed by atoms with Crippen LogP contribution in [0.4, 0.5) is 5.82 Å². The molecular weight excluding hydrogens is 310 g/mol. The van der Waals surface area contributed by atoms with E-state index < -0.39 is 0 Å². The van der Waals surface area contributed by atoms with E-state index >= 15 is 0 Å². The molecular formula is C21H27N3O. The van der Waals surface area contributed by atoms with Gasteiger partial charge in [0.05, 0.1) is 5.52 Å². The normalized spacial score (nSPS) is 19.4. The van der Waals surface area contributed by atoms with Gasteiger partial charge in [0, 0.05) is 37.5 Å². The molecule has 0 atom stereocenters. The zero-order valence-corrected chi connectivity index (χ0v) is 15.1. The third-order valence-corrected chi connectivity index (χ3v) is 5.73. The number of pyridine rings is 1. The maximum Gasteiger partial charge on any atom is 0.225 e. The second-order valence-corrected chi connectivity index (χ2v) is 7.47. The fraction of sp³-hybridized carbons (Fsp3) is 0.524. The third kappa shape index (κ3) is 3.35. The Kier molecular flexibility index (Phi) is 4.60. The van der Waals surface area contributed by atoms with Crippen LogP contribution in [0.2, 0.25) is 0 Å². The van der Waals surface area contributed by atoms with Gasteiger partial charge in [0.2, 0.25) is 5.91 Å². The molecule has 4 heteroatoms. The SMILES string of the molecule is Cc1cc2ccccc2nc1N1CCN(C(=O)C2CCCCC2)CC1. The molecule has 4 rings (SSSR count). The quantitative estimate of drug-likeness (QED) is 0.837. The number of anilines is 1. The van der Waals surface area contributed by atoms with Crippen LogP contribution >= 0.6 is 0 Å². The molecule has 0 unspecified atom stereocenters. The van der Waals surface area contributed by atoms with Gasteiger partial charge in [-0.3, -0.25) is 4.79 Å². The van der Waals surface area contributed by atoms with Crippen molar-refractivity contribution in [2.45, 2.75) is 39.0 Å². The minimum absolute atomic E-state index is 0.279. The summed E-state index contributed by atoms with van der Waals surface area (Å²) in [5.74, 6) is 1.74. The van der Waals surface area contributed by atoms with E-state index in [1.807, 2.05) is 6.07 Å². The van der Waals surface area contributed by atoms with Crippen LogP contribution in [-0.2, 0) is 4.79 Å². The molecule has 1 aliphatic heterocycles. The zero-order chi connectivity index (χ0) is 17.2. The van der Waals surface area contributed by atoms with Crippen molar-refractivity contribution >= 4 is 22.6 Å². The molecule has 1 saturated heterocycles. The summed E-state index contributed by atoms with van der Waals surface area (Å²) in [6, 6.07) is 10.5. The van der Waals surface area contributed by atoms with Gasteiger partial charge in [-0.05, 0) is 37.5 Å². The van der Waals surface area contributed by atoms with E-state index in [0.29, 0.717) is 5.91 Å². The Morgan fingerprint density at radius 2 is 1.76 bits per heavy atom. The molecule has 1 aliphatic carbocycles. The van der Waals surface area contributed by atoms with Gasteiger partial charge < -0.3 is 9.80 Å². The predicted molar refractivity (Wildman–Crippen MR) is 102 cm³/mol. The van der Waals surface area contributed by atoms with Crippen molar-refractivity contribution in [3.63, 3.8) is 0 Å². The van der Waals surface area contributed by atoms with E-state index in [1.165, 1.54) is 30.2 Å². The zero-order valence-electron chi connectivity index (χ0n) is 15.1. The number of aryl methyl sites for hydroxylation is 1. The van der Waals surface area contributed by atoms with Gasteiger partial charge in [0.15, 0.2) is 0 Å². The molecule has 4 nitrogen and oxygen atoms in total. The van der Waals surface area contributed by atoms with Crippen LogP contribution in [0, 0.1) is 12.8 Å². The topological polar surface area (TPSA) is 36.4 Å². The van der Waals surface area contributed by atoms with E-state index in [0.717, 1.165) is 50.4 Å². The average Bonchev–Trinajstić information content (AvgIpc) is 2.68. The molecule has 2 aliphatic rings. The van der Waals surface area contributed by atoms with Gasteiger partial charge in [0.1, 0.15) is 5.82 Å². The summed E-state index contributed by atoms with van der Waals surface area (Å²) in [6.45, 7) is 5.54. The molecule has 1 aromatic heterocycles. The van der Waals surface area contributed by atoms with Crippen LogP contribution in [0.25, 0.3) is 10.9 Å². The maximum absolute atomic E-state index is 12.7. The van der Waals surface area contributed by atoms with Crippen LogP contribution in [0.1, 0.15) is 37.7 Å². The van der Waals surface area contributed by atoms with Crippen LogP contribution in [0.15, 0.2) is 30.3 Å². The molecule has 2 heterocycles. The van der Waals surface area contributed by atoms with E-state index in [9.17, 15) is 4.79 Å². The lowest BCUT2D eigenvalue weighted by atomic mass is 9.88. The number of hydrogen-bond acceptors (Lipinski definition) is 3. The molecule has 1 saturated carbocycles. The minimum Gasteiger partial charge on any atom is -0.353 e. The van der Waals surface area contributed by atoms with Gasteiger partial charge in [-0.1, -0.05) is 37.5 Å². The van der Waals surface area contributed by atoms with Crippen molar-refractivity contribution in [3.05, 3.63) is 35.9 Å². The minimum atomic E-state index is 0.279. The standard InChI is InChI=1S/C21H27N3O/c1-16-15-18-9-5-6-10-19(18)22-20(16)23-11-13-24(14-12-23)21(25)17-7-3-2-4-8-17/h5-6,9-10,15,17H,2-4,7-8,11-14H2,1H3. The smallest absolute Gasteiger partial charge is 0.225 e. The summed E-state index contributed by atoms with van der Waals surface area (Å²) in [4.78, 5) is 22.0. The van der Waals surface area contributed by atoms with Gasteiger partial charge in [-0.15, -0.1) is 0 Å². The van der Waals surface area contributed by atoms with E-state index in [1.54, 1.807) is 0 Å². The van der Waals surface area contributed by atoms with E-state index in [2.05, 4.69) is 41.0 Å². The first-order valence-electron chi connectivity index (χ1n) is 9.62. The Morgan fingerprint density at radius 3 is 2.52 bits per heavy atom. The lowest BCUT2D eigenvalue weighted by Gasteiger charge is -2.38. The number of carbonyl (C=O) groups is 1. The number of amides is 1. The van der Waals surface area contributed by atoms with Crippen LogP contribution in [0.5, 0.6) is 0 Å². The molecule has 2 fully saturated rings. The number of piperazine rings is 1. The summed E-state index contributed by atoms with van der Waals surface area (Å²) >= 11 is 0. The maximum atomic E-state index is 12.7. The van der Waals surface area contributed by atoms with Crippen molar-refractivity contribution in [1.29, 1.82) is 0 Å². The molecule has 25 heavy (non-hydrogen) atoms. The summed E-state index contributed by atoms with van der Waals surface area (Å²) < 4.78 is 0. The number of nitrogens with zero attached hydrogens (tertiary/aromatic N) is 3. The van der Waals surface area contributed by atoms with Crippen LogP contribution in [0.3, 0.4) is 0 Å². The Hall–Kier alpha value is -2.10. The van der Waals surface area contributed by atoms with E-state index in [4.69, 9.17) is 4.98 Å². The second kappa shape index (κ2) is 7.03. The summed E-state index contributed by atoms with van der Waals surface area (Å²) in [6.07, 6.45) is 5.91. The van der Waals surface area contributed by atoms with Crippen molar-refractivity contribution < 1.29 is 4.79 Å². The summed E-state index contributed by atoms with van der Waals surface area (Å²) in [5.41, 5.74) is 2.26. The Bertz CT molecular complexity index is 759. The number of carbonyl (C=O) groups excluding carboxylic acids is 1. The number of rotatable bonds is 2. The lowest BCUT2D eigenvalue weighted by Crippen LogP contribution is -2.51. The molecule has 0 spiro atoms. The Balaban J connectivity index is 1.45. The largest absolute Gasteiger partial charge is 0.353 e. The monoisotopic (exact) mass is 337 g/mol. The molecule has 1 amide bonds. The third-order valence-electron chi connectivity index (χ3n) is 5.73. The first-order valence-corrected chi connectivity index (χ1v) is 9.62. The predicted octanol–water partition coefficient (Wildman–Crippen LogP) is 3.77.